The molecule has 128 valence electrons. The molecule has 0 aromatic heterocycles. The monoisotopic (exact) mass is 322 g/mol. The van der Waals surface area contributed by atoms with Gasteiger partial charge in [0.05, 0.1) is 0 Å². The van der Waals surface area contributed by atoms with Gasteiger partial charge in [0, 0.05) is 17.8 Å². The first kappa shape index (κ1) is 18.3. The van der Waals surface area contributed by atoms with E-state index in [2.05, 4.69) is 82.4 Å². The zero-order chi connectivity index (χ0) is 17.5. The maximum Gasteiger partial charge on any atom is 0.132 e. The van der Waals surface area contributed by atoms with Crippen LogP contribution in [0, 0.1) is 0 Å². The van der Waals surface area contributed by atoms with Crippen LogP contribution in [-0.2, 0) is 0 Å². The molecule has 2 aromatic carbocycles. The highest BCUT2D eigenvalue weighted by molar-refractivity contribution is 6.09. The van der Waals surface area contributed by atoms with Gasteiger partial charge in [0.15, 0.2) is 0 Å². The summed E-state index contributed by atoms with van der Waals surface area (Å²) in [5.41, 5.74) is 5.06. The van der Waals surface area contributed by atoms with Crippen LogP contribution in [0.2, 0.25) is 0 Å². The molecule has 0 heterocycles. The molecule has 0 unspecified atom stereocenters. The van der Waals surface area contributed by atoms with Gasteiger partial charge in [-0.25, -0.2) is 0 Å². The second-order valence-electron chi connectivity index (χ2n) is 6.84. The molecule has 0 saturated carbocycles. The van der Waals surface area contributed by atoms with E-state index in [1.165, 1.54) is 16.8 Å². The highest BCUT2D eigenvalue weighted by atomic mass is 15.0. The van der Waals surface area contributed by atoms with Crippen molar-refractivity contribution in [2.24, 2.45) is 4.99 Å². The minimum atomic E-state index is 0.467. The van der Waals surface area contributed by atoms with Crippen LogP contribution >= 0.6 is 0 Å². The molecule has 24 heavy (non-hydrogen) atoms. The maximum absolute atomic E-state index is 4.81. The minimum absolute atomic E-state index is 0.467. The van der Waals surface area contributed by atoms with Gasteiger partial charge in [-0.1, -0.05) is 83.1 Å². The fourth-order valence-corrected chi connectivity index (χ4v) is 2.84. The first-order valence-electron chi connectivity index (χ1n) is 9.04. The first-order chi connectivity index (χ1) is 11.5. The Hall–Kier alpha value is -2.09. The lowest BCUT2D eigenvalue weighted by molar-refractivity contribution is 0.838. The molecule has 2 heteroatoms. The van der Waals surface area contributed by atoms with Crippen molar-refractivity contribution in [3.05, 3.63) is 65.2 Å². The predicted molar refractivity (Wildman–Crippen MR) is 106 cm³/mol. The molecule has 0 bridgehead atoms. The molecule has 0 aliphatic heterocycles. The first-order valence-corrected chi connectivity index (χ1v) is 9.04. The van der Waals surface area contributed by atoms with Crippen molar-refractivity contribution in [1.29, 1.82) is 0 Å². The lowest BCUT2D eigenvalue weighted by atomic mass is 9.92. The summed E-state index contributed by atoms with van der Waals surface area (Å²) in [7, 11) is 0. The van der Waals surface area contributed by atoms with Crippen LogP contribution in [-0.4, -0.2) is 12.4 Å². The van der Waals surface area contributed by atoms with Gasteiger partial charge in [-0.3, -0.25) is 4.99 Å². The van der Waals surface area contributed by atoms with E-state index in [0.717, 1.165) is 24.4 Å². The molecule has 2 rings (SSSR count). The molecule has 0 amide bonds. The molecule has 0 spiro atoms. The molecule has 2 aromatic rings. The number of benzene rings is 2. The van der Waals surface area contributed by atoms with Gasteiger partial charge < -0.3 is 5.32 Å². The predicted octanol–water partition coefficient (Wildman–Crippen LogP) is 6.20. The van der Waals surface area contributed by atoms with Crippen LogP contribution in [0.25, 0.3) is 0 Å². The summed E-state index contributed by atoms with van der Waals surface area (Å²) in [6.45, 7) is 12.0. The Balaban J connectivity index is 2.49. The van der Waals surface area contributed by atoms with E-state index < -0.39 is 0 Å². The molecule has 0 atom stereocenters. The average Bonchev–Trinajstić information content (AvgIpc) is 2.58. The summed E-state index contributed by atoms with van der Waals surface area (Å²) < 4.78 is 0. The maximum atomic E-state index is 4.81. The summed E-state index contributed by atoms with van der Waals surface area (Å²) in [5, 5.41) is 3.68. The van der Waals surface area contributed by atoms with Gasteiger partial charge in [0.25, 0.3) is 0 Å². The molecular formula is C22H30N2. The molecule has 0 aliphatic rings. The number of hydrogen-bond donors (Lipinski definition) is 1. The summed E-state index contributed by atoms with van der Waals surface area (Å²) >= 11 is 0. The van der Waals surface area contributed by atoms with E-state index in [0.29, 0.717) is 11.8 Å². The fourth-order valence-electron chi connectivity index (χ4n) is 2.84. The Morgan fingerprint density at radius 3 is 1.96 bits per heavy atom. The van der Waals surface area contributed by atoms with Crippen molar-refractivity contribution in [3.63, 3.8) is 0 Å². The summed E-state index contributed by atoms with van der Waals surface area (Å²) in [4.78, 5) is 4.81. The zero-order valence-corrected chi connectivity index (χ0v) is 15.6. The SMILES string of the molecule is CCCN=C(Nc1c(C(C)C)cccc1C(C)C)c1ccccc1. The van der Waals surface area contributed by atoms with Gasteiger partial charge in [0.2, 0.25) is 0 Å². The van der Waals surface area contributed by atoms with Crippen LogP contribution in [0.1, 0.15) is 69.6 Å². The number of rotatable bonds is 6. The lowest BCUT2D eigenvalue weighted by Gasteiger charge is -2.22. The number of anilines is 1. The van der Waals surface area contributed by atoms with Crippen molar-refractivity contribution in [1.82, 2.24) is 0 Å². The fraction of sp³-hybridized carbons (Fsp3) is 0.409. The van der Waals surface area contributed by atoms with Crippen molar-refractivity contribution >= 4 is 11.5 Å². The Morgan fingerprint density at radius 1 is 0.875 bits per heavy atom. The lowest BCUT2D eigenvalue weighted by Crippen LogP contribution is -2.17. The topological polar surface area (TPSA) is 24.4 Å². The van der Waals surface area contributed by atoms with Crippen LogP contribution in [0.15, 0.2) is 53.5 Å². The van der Waals surface area contributed by atoms with Gasteiger partial charge in [0.1, 0.15) is 5.84 Å². The number of hydrogen-bond acceptors (Lipinski definition) is 1. The van der Waals surface area contributed by atoms with Gasteiger partial charge in [-0.15, -0.1) is 0 Å². The van der Waals surface area contributed by atoms with Crippen LogP contribution in [0.3, 0.4) is 0 Å². The molecule has 0 aliphatic carbocycles. The quantitative estimate of drug-likeness (QED) is 0.497. The Labute approximate surface area is 147 Å². The van der Waals surface area contributed by atoms with Crippen LogP contribution < -0.4 is 5.32 Å². The smallest absolute Gasteiger partial charge is 0.132 e. The van der Waals surface area contributed by atoms with Gasteiger partial charge in [-0.05, 0) is 29.4 Å². The second kappa shape index (κ2) is 8.68. The normalized spacial score (nSPS) is 12.0. The molecule has 1 N–H and O–H groups in total. The number of nitrogens with zero attached hydrogens (tertiary/aromatic N) is 1. The number of amidine groups is 1. The number of para-hydroxylation sites is 1. The third kappa shape index (κ3) is 4.47. The van der Waals surface area contributed by atoms with E-state index >= 15 is 0 Å². The minimum Gasteiger partial charge on any atom is -0.340 e. The molecular weight excluding hydrogens is 292 g/mol. The second-order valence-corrected chi connectivity index (χ2v) is 6.84. The van der Waals surface area contributed by atoms with E-state index in [4.69, 9.17) is 4.99 Å². The Kier molecular flexibility index (Phi) is 6.60. The third-order valence-corrected chi connectivity index (χ3v) is 4.16. The van der Waals surface area contributed by atoms with Crippen molar-refractivity contribution in [3.8, 4) is 0 Å². The van der Waals surface area contributed by atoms with E-state index in [1.54, 1.807) is 0 Å². The molecule has 0 fully saturated rings. The number of nitrogens with one attached hydrogen (secondary N) is 1. The highest BCUT2D eigenvalue weighted by Crippen LogP contribution is 2.32. The van der Waals surface area contributed by atoms with E-state index in [9.17, 15) is 0 Å². The van der Waals surface area contributed by atoms with Crippen molar-refractivity contribution in [2.75, 3.05) is 11.9 Å². The Morgan fingerprint density at radius 2 is 1.46 bits per heavy atom. The average molecular weight is 322 g/mol. The summed E-state index contributed by atoms with van der Waals surface area (Å²) in [5.74, 6) is 1.90. The third-order valence-electron chi connectivity index (χ3n) is 4.16. The van der Waals surface area contributed by atoms with E-state index in [-0.39, 0.29) is 0 Å². The Bertz CT molecular complexity index is 643. The largest absolute Gasteiger partial charge is 0.340 e. The molecule has 0 saturated heterocycles. The molecule has 2 nitrogen and oxygen atoms in total. The summed E-state index contributed by atoms with van der Waals surface area (Å²) in [6, 6.07) is 17.0. The standard InChI is InChI=1S/C22H30N2/c1-6-15-23-22(18-11-8-7-9-12-18)24-21-19(16(2)3)13-10-14-20(21)17(4)5/h7-14,16-17H,6,15H2,1-5H3,(H,23,24). The van der Waals surface area contributed by atoms with Crippen molar-refractivity contribution in [2.45, 2.75) is 52.9 Å². The van der Waals surface area contributed by atoms with Crippen molar-refractivity contribution < 1.29 is 0 Å². The van der Waals surface area contributed by atoms with E-state index in [1.807, 2.05) is 6.07 Å². The van der Waals surface area contributed by atoms with Crippen LogP contribution in [0.5, 0.6) is 0 Å². The number of aliphatic imine (C=N–C) groups is 1. The zero-order valence-electron chi connectivity index (χ0n) is 15.6. The van der Waals surface area contributed by atoms with Crippen LogP contribution in [0.4, 0.5) is 5.69 Å². The highest BCUT2D eigenvalue weighted by Gasteiger charge is 2.15. The van der Waals surface area contributed by atoms with Gasteiger partial charge >= 0.3 is 0 Å². The molecule has 0 radical (unpaired) electrons. The summed E-state index contributed by atoms with van der Waals surface area (Å²) in [6.07, 6.45) is 1.04. The van der Waals surface area contributed by atoms with Gasteiger partial charge in [-0.2, -0.15) is 0 Å².